The summed E-state index contributed by atoms with van der Waals surface area (Å²) >= 11 is 0. The van der Waals surface area contributed by atoms with Crippen LogP contribution in [0, 0.1) is 6.92 Å². The summed E-state index contributed by atoms with van der Waals surface area (Å²) in [6.45, 7) is 9.29. The Labute approximate surface area is 141 Å². The van der Waals surface area contributed by atoms with Gasteiger partial charge >= 0.3 is 11.9 Å². The van der Waals surface area contributed by atoms with E-state index >= 15 is 0 Å². The molecule has 0 unspecified atom stereocenters. The maximum absolute atomic E-state index is 12.1. The lowest BCUT2D eigenvalue weighted by atomic mass is 10.1. The highest BCUT2D eigenvalue weighted by atomic mass is 16.6. The van der Waals surface area contributed by atoms with E-state index in [1.165, 1.54) is 4.68 Å². The van der Waals surface area contributed by atoms with Crippen molar-refractivity contribution in [1.82, 2.24) is 9.78 Å². The number of carbonyl (C=O) groups is 2. The Morgan fingerprint density at radius 1 is 1.12 bits per heavy atom. The number of nitrogens with zero attached hydrogens (tertiary/aromatic N) is 2. The summed E-state index contributed by atoms with van der Waals surface area (Å²) in [5.74, 6) is -0.828. The Hall–Kier alpha value is -2.63. The van der Waals surface area contributed by atoms with Crippen molar-refractivity contribution in [3.63, 3.8) is 0 Å². The van der Waals surface area contributed by atoms with Gasteiger partial charge in [0, 0.05) is 0 Å². The van der Waals surface area contributed by atoms with Crippen LogP contribution in [-0.4, -0.2) is 33.9 Å². The molecule has 0 saturated carbocycles. The average molecular weight is 330 g/mol. The Morgan fingerprint density at radius 3 is 2.29 bits per heavy atom. The summed E-state index contributed by atoms with van der Waals surface area (Å²) in [5, 5.41) is 4.32. The Morgan fingerprint density at radius 2 is 1.75 bits per heavy atom. The van der Waals surface area contributed by atoms with Crippen LogP contribution in [0.15, 0.2) is 30.3 Å². The molecule has 24 heavy (non-hydrogen) atoms. The highest BCUT2D eigenvalue weighted by Gasteiger charge is 2.19. The first-order chi connectivity index (χ1) is 11.2. The van der Waals surface area contributed by atoms with Crippen molar-refractivity contribution in [2.45, 2.75) is 40.2 Å². The van der Waals surface area contributed by atoms with E-state index in [4.69, 9.17) is 9.47 Å². The molecule has 0 aliphatic carbocycles. The quantitative estimate of drug-likeness (QED) is 0.804. The van der Waals surface area contributed by atoms with Gasteiger partial charge in [-0.3, -0.25) is 0 Å². The molecule has 0 saturated heterocycles. The second kappa shape index (κ2) is 6.86. The van der Waals surface area contributed by atoms with Crippen molar-refractivity contribution in [2.24, 2.45) is 0 Å². The molecule has 0 aliphatic heterocycles. The van der Waals surface area contributed by atoms with Crippen molar-refractivity contribution < 1.29 is 19.1 Å². The lowest BCUT2D eigenvalue weighted by molar-refractivity contribution is 0.00692. The van der Waals surface area contributed by atoms with Crippen LogP contribution >= 0.6 is 0 Å². The first-order valence-electron chi connectivity index (χ1n) is 7.79. The van der Waals surface area contributed by atoms with Gasteiger partial charge in [-0.1, -0.05) is 0 Å². The fourth-order valence-corrected chi connectivity index (χ4v) is 2.12. The van der Waals surface area contributed by atoms with Crippen LogP contribution in [-0.2, 0) is 9.47 Å². The highest BCUT2D eigenvalue weighted by Crippen LogP contribution is 2.17. The van der Waals surface area contributed by atoms with Crippen molar-refractivity contribution >= 4 is 11.9 Å². The van der Waals surface area contributed by atoms with E-state index in [9.17, 15) is 9.59 Å². The van der Waals surface area contributed by atoms with E-state index in [1.54, 1.807) is 44.2 Å². The number of hydrogen-bond acceptors (Lipinski definition) is 5. The van der Waals surface area contributed by atoms with Gasteiger partial charge < -0.3 is 9.47 Å². The molecule has 6 nitrogen and oxygen atoms in total. The minimum absolute atomic E-state index is 0.292. The largest absolute Gasteiger partial charge is 0.461 e. The van der Waals surface area contributed by atoms with E-state index in [2.05, 4.69) is 5.10 Å². The minimum Gasteiger partial charge on any atom is -0.461 e. The predicted molar refractivity (Wildman–Crippen MR) is 89.4 cm³/mol. The SMILES string of the molecule is CCOC(=O)c1cc(C)nn1-c1ccc(C(=O)OC(C)(C)C)cc1. The number of carbonyl (C=O) groups excluding carboxylic acids is 2. The van der Waals surface area contributed by atoms with Gasteiger partial charge in [-0.2, -0.15) is 5.10 Å². The molecule has 0 radical (unpaired) electrons. The molecule has 0 aliphatic rings. The van der Waals surface area contributed by atoms with E-state index < -0.39 is 17.5 Å². The fraction of sp³-hybridized carbons (Fsp3) is 0.389. The molecule has 0 bridgehead atoms. The lowest BCUT2D eigenvalue weighted by Crippen LogP contribution is -2.23. The third kappa shape index (κ3) is 4.22. The molecule has 128 valence electrons. The van der Waals surface area contributed by atoms with Crippen LogP contribution in [0.25, 0.3) is 5.69 Å². The number of hydrogen-bond donors (Lipinski definition) is 0. The molecule has 1 aromatic carbocycles. The topological polar surface area (TPSA) is 70.4 Å². The normalized spacial score (nSPS) is 11.2. The summed E-state index contributed by atoms with van der Waals surface area (Å²) in [6.07, 6.45) is 0. The third-order valence-electron chi connectivity index (χ3n) is 3.06. The molecular weight excluding hydrogens is 308 g/mol. The second-order valence-electron chi connectivity index (χ2n) is 6.35. The van der Waals surface area contributed by atoms with Crippen LogP contribution in [0.5, 0.6) is 0 Å². The summed E-state index contributed by atoms with van der Waals surface area (Å²) in [7, 11) is 0. The van der Waals surface area contributed by atoms with Crippen molar-refractivity contribution in [3.8, 4) is 5.69 Å². The van der Waals surface area contributed by atoms with Crippen molar-refractivity contribution in [2.75, 3.05) is 6.61 Å². The molecule has 0 amide bonds. The predicted octanol–water partition coefficient (Wildman–Crippen LogP) is 3.31. The first kappa shape index (κ1) is 17.7. The summed E-state index contributed by atoms with van der Waals surface area (Å²) in [4.78, 5) is 24.1. The zero-order valence-electron chi connectivity index (χ0n) is 14.6. The monoisotopic (exact) mass is 330 g/mol. The number of esters is 2. The first-order valence-corrected chi connectivity index (χ1v) is 7.79. The van der Waals surface area contributed by atoms with Crippen LogP contribution in [0.1, 0.15) is 54.2 Å². The molecule has 1 aromatic heterocycles. The molecule has 6 heteroatoms. The van der Waals surface area contributed by atoms with E-state index in [1.807, 2.05) is 20.8 Å². The van der Waals surface area contributed by atoms with E-state index in [0.29, 0.717) is 29.2 Å². The average Bonchev–Trinajstić information content (AvgIpc) is 2.88. The van der Waals surface area contributed by atoms with Gasteiger partial charge in [0.05, 0.1) is 23.6 Å². The molecule has 1 heterocycles. The second-order valence-corrected chi connectivity index (χ2v) is 6.35. The Kier molecular flexibility index (Phi) is 5.07. The van der Waals surface area contributed by atoms with Gasteiger partial charge in [0.2, 0.25) is 0 Å². The summed E-state index contributed by atoms with van der Waals surface area (Å²) < 4.78 is 11.9. The van der Waals surface area contributed by atoms with Gasteiger partial charge in [-0.05, 0) is 65.0 Å². The van der Waals surface area contributed by atoms with Gasteiger partial charge in [-0.15, -0.1) is 0 Å². The standard InChI is InChI=1S/C18H22N2O4/c1-6-23-17(22)15-11-12(2)19-20(15)14-9-7-13(8-10-14)16(21)24-18(3,4)5/h7-11H,6H2,1-5H3. The van der Waals surface area contributed by atoms with Gasteiger partial charge in [0.25, 0.3) is 0 Å². The van der Waals surface area contributed by atoms with Crippen molar-refractivity contribution in [1.29, 1.82) is 0 Å². The fourth-order valence-electron chi connectivity index (χ4n) is 2.12. The molecular formula is C18H22N2O4. The molecule has 0 N–H and O–H groups in total. The number of ether oxygens (including phenoxy) is 2. The van der Waals surface area contributed by atoms with Gasteiger partial charge in [0.15, 0.2) is 5.69 Å². The van der Waals surface area contributed by atoms with Crippen LogP contribution < -0.4 is 0 Å². The summed E-state index contributed by atoms with van der Waals surface area (Å²) in [5.41, 5.74) is 1.61. The molecule has 0 atom stereocenters. The summed E-state index contributed by atoms with van der Waals surface area (Å²) in [6, 6.07) is 8.40. The lowest BCUT2D eigenvalue weighted by Gasteiger charge is -2.19. The zero-order chi connectivity index (χ0) is 17.9. The molecule has 0 fully saturated rings. The van der Waals surface area contributed by atoms with Gasteiger partial charge in [-0.25, -0.2) is 14.3 Å². The number of benzene rings is 1. The maximum Gasteiger partial charge on any atom is 0.357 e. The smallest absolute Gasteiger partial charge is 0.357 e. The minimum atomic E-state index is -0.550. The molecule has 2 rings (SSSR count). The third-order valence-corrected chi connectivity index (χ3v) is 3.06. The zero-order valence-corrected chi connectivity index (χ0v) is 14.6. The highest BCUT2D eigenvalue weighted by molar-refractivity contribution is 5.90. The van der Waals surface area contributed by atoms with Crippen LogP contribution in [0.4, 0.5) is 0 Å². The van der Waals surface area contributed by atoms with E-state index in [-0.39, 0.29) is 0 Å². The number of aromatic nitrogens is 2. The van der Waals surface area contributed by atoms with Crippen molar-refractivity contribution in [3.05, 3.63) is 47.3 Å². The maximum atomic E-state index is 12.1. The number of rotatable bonds is 4. The van der Waals surface area contributed by atoms with Crippen LogP contribution in [0.2, 0.25) is 0 Å². The Bertz CT molecular complexity index is 739. The molecule has 2 aromatic rings. The van der Waals surface area contributed by atoms with Gasteiger partial charge in [0.1, 0.15) is 5.60 Å². The van der Waals surface area contributed by atoms with E-state index in [0.717, 1.165) is 0 Å². The molecule has 0 spiro atoms. The van der Waals surface area contributed by atoms with Crippen LogP contribution in [0.3, 0.4) is 0 Å². The Balaban J connectivity index is 2.29. The number of aryl methyl sites for hydroxylation is 1.